The van der Waals surface area contributed by atoms with Crippen molar-refractivity contribution < 1.29 is 0 Å². The molecule has 0 heterocycles. The molecule has 2 unspecified atom stereocenters. The zero-order valence-corrected chi connectivity index (χ0v) is 16.3. The van der Waals surface area contributed by atoms with Crippen LogP contribution >= 0.6 is 47.8 Å². The number of rotatable bonds is 2. The van der Waals surface area contributed by atoms with E-state index in [9.17, 15) is 0 Å². The van der Waals surface area contributed by atoms with E-state index in [0.29, 0.717) is 17.4 Å². The molecule has 0 radical (unpaired) electrons. The van der Waals surface area contributed by atoms with Crippen molar-refractivity contribution in [3.05, 3.63) is 25.6 Å². The highest BCUT2D eigenvalue weighted by Gasteiger charge is 2.32. The molecule has 0 saturated heterocycles. The van der Waals surface area contributed by atoms with Gasteiger partial charge in [0.1, 0.15) is 0 Å². The number of hydrogen-bond donors (Lipinski definition) is 1. The predicted octanol–water partition coefficient (Wildman–Crippen LogP) is 6.60. The number of halogens is 3. The lowest BCUT2D eigenvalue weighted by molar-refractivity contribution is 0.177. The third-order valence-corrected chi connectivity index (χ3v) is 5.74. The highest BCUT2D eigenvalue weighted by molar-refractivity contribution is 9.11. The Hall–Kier alpha value is 0.460. The summed E-state index contributed by atoms with van der Waals surface area (Å²) >= 11 is 10.8. The minimum atomic E-state index is 0.492. The van der Waals surface area contributed by atoms with Gasteiger partial charge in [-0.05, 0) is 74.6 Å². The first-order valence-electron chi connectivity index (χ1n) is 6.69. The van der Waals surface area contributed by atoms with Crippen molar-refractivity contribution >= 4 is 53.5 Å². The van der Waals surface area contributed by atoms with Crippen LogP contribution < -0.4 is 5.32 Å². The van der Waals surface area contributed by atoms with Gasteiger partial charge in [0, 0.05) is 19.5 Å². The highest BCUT2D eigenvalue weighted by atomic mass is 79.9. The van der Waals surface area contributed by atoms with Crippen LogP contribution in [-0.4, -0.2) is 6.04 Å². The van der Waals surface area contributed by atoms with Crippen LogP contribution in [0.2, 0.25) is 0 Å². The first kappa shape index (κ1) is 15.8. The second kappa shape index (κ2) is 6.07. The van der Waals surface area contributed by atoms with Crippen molar-refractivity contribution in [2.24, 2.45) is 11.3 Å². The second-order valence-corrected chi connectivity index (χ2v) is 9.00. The Morgan fingerprint density at radius 3 is 2.26 bits per heavy atom. The average molecular weight is 454 g/mol. The maximum Gasteiger partial charge on any atom is 0.0632 e. The summed E-state index contributed by atoms with van der Waals surface area (Å²) in [4.78, 5) is 0. The van der Waals surface area contributed by atoms with Crippen molar-refractivity contribution in [1.82, 2.24) is 0 Å². The van der Waals surface area contributed by atoms with Crippen LogP contribution in [0, 0.1) is 11.3 Å². The summed E-state index contributed by atoms with van der Waals surface area (Å²) in [5.74, 6) is 0.700. The average Bonchev–Trinajstić information content (AvgIpc) is 2.24. The molecule has 0 spiro atoms. The normalized spacial score (nSPS) is 26.2. The number of hydrogen-bond acceptors (Lipinski definition) is 1. The fourth-order valence-corrected chi connectivity index (χ4v) is 5.51. The van der Waals surface area contributed by atoms with Gasteiger partial charge in [0.25, 0.3) is 0 Å². The van der Waals surface area contributed by atoms with E-state index in [0.717, 1.165) is 13.4 Å². The van der Waals surface area contributed by atoms with Crippen molar-refractivity contribution in [3.8, 4) is 0 Å². The summed E-state index contributed by atoms with van der Waals surface area (Å²) in [5.41, 5.74) is 1.66. The van der Waals surface area contributed by atoms with Gasteiger partial charge in [0.05, 0.1) is 5.69 Å². The molecule has 1 aliphatic carbocycles. The van der Waals surface area contributed by atoms with Gasteiger partial charge in [-0.2, -0.15) is 0 Å². The van der Waals surface area contributed by atoms with E-state index in [2.05, 4.69) is 86.0 Å². The highest BCUT2D eigenvalue weighted by Crippen LogP contribution is 2.41. The lowest BCUT2D eigenvalue weighted by Gasteiger charge is -2.40. The Kier molecular flexibility index (Phi) is 5.06. The zero-order chi connectivity index (χ0) is 14.2. The van der Waals surface area contributed by atoms with Crippen molar-refractivity contribution in [1.29, 1.82) is 0 Å². The summed E-state index contributed by atoms with van der Waals surface area (Å²) in [5, 5.41) is 3.72. The molecule has 2 atom stereocenters. The van der Waals surface area contributed by atoms with Crippen molar-refractivity contribution in [2.45, 2.75) is 46.1 Å². The summed E-state index contributed by atoms with van der Waals surface area (Å²) < 4.78 is 3.28. The van der Waals surface area contributed by atoms with Crippen LogP contribution in [0.25, 0.3) is 0 Å². The van der Waals surface area contributed by atoms with Gasteiger partial charge in [-0.3, -0.25) is 0 Å². The molecule has 4 heteroatoms. The number of nitrogens with one attached hydrogen (secondary N) is 1. The Bertz CT molecular complexity index is 447. The molecule has 0 bridgehead atoms. The molecule has 106 valence electrons. The van der Waals surface area contributed by atoms with E-state index in [1.54, 1.807) is 0 Å². The van der Waals surface area contributed by atoms with Crippen molar-refractivity contribution in [2.75, 3.05) is 5.32 Å². The Balaban J connectivity index is 2.14. The molecule has 0 aromatic heterocycles. The van der Waals surface area contributed by atoms with Crippen LogP contribution in [0.3, 0.4) is 0 Å². The van der Waals surface area contributed by atoms with Gasteiger partial charge < -0.3 is 5.32 Å². The van der Waals surface area contributed by atoms with Crippen LogP contribution in [0.1, 0.15) is 40.0 Å². The van der Waals surface area contributed by atoms with E-state index in [4.69, 9.17) is 0 Å². The number of benzene rings is 1. The van der Waals surface area contributed by atoms with E-state index >= 15 is 0 Å². The van der Waals surface area contributed by atoms with Gasteiger partial charge in [-0.25, -0.2) is 0 Å². The van der Waals surface area contributed by atoms with Gasteiger partial charge in [0.2, 0.25) is 0 Å². The molecule has 1 nitrogen and oxygen atoms in total. The molecule has 0 amide bonds. The fraction of sp³-hybridized carbons (Fsp3) is 0.600. The fourth-order valence-electron chi connectivity index (χ4n) is 3.03. The minimum absolute atomic E-state index is 0.492. The molecule has 0 aliphatic heterocycles. The van der Waals surface area contributed by atoms with Gasteiger partial charge in [-0.15, -0.1) is 0 Å². The Labute approximate surface area is 141 Å². The maximum atomic E-state index is 3.72. The molecular formula is C15H20Br3N. The molecule has 1 aromatic rings. The lowest BCUT2D eigenvalue weighted by atomic mass is 9.70. The van der Waals surface area contributed by atoms with Crippen LogP contribution in [-0.2, 0) is 0 Å². The van der Waals surface area contributed by atoms with Crippen LogP contribution in [0.5, 0.6) is 0 Å². The van der Waals surface area contributed by atoms with E-state index in [1.807, 2.05) is 0 Å². The molecular weight excluding hydrogens is 434 g/mol. The summed E-state index contributed by atoms with van der Waals surface area (Å²) in [6, 6.07) is 4.73. The van der Waals surface area contributed by atoms with Gasteiger partial charge in [-0.1, -0.05) is 36.7 Å². The molecule has 1 fully saturated rings. The largest absolute Gasteiger partial charge is 0.380 e. The third kappa shape index (κ3) is 3.98. The quantitative estimate of drug-likeness (QED) is 0.531. The first-order chi connectivity index (χ1) is 8.78. The van der Waals surface area contributed by atoms with Gasteiger partial charge in [0.15, 0.2) is 0 Å². The second-order valence-electron chi connectivity index (χ2n) is 6.38. The SMILES string of the molecule is CC1CC(C)(C)CCC1Nc1c(Br)cc(Br)cc1Br. The monoisotopic (exact) mass is 451 g/mol. The van der Waals surface area contributed by atoms with E-state index < -0.39 is 0 Å². The summed E-state index contributed by atoms with van der Waals surface area (Å²) in [6.45, 7) is 7.12. The van der Waals surface area contributed by atoms with Crippen LogP contribution in [0.15, 0.2) is 25.6 Å². The first-order valence-corrected chi connectivity index (χ1v) is 9.07. The molecule has 1 aromatic carbocycles. The topological polar surface area (TPSA) is 12.0 Å². The lowest BCUT2D eigenvalue weighted by Crippen LogP contribution is -2.37. The predicted molar refractivity (Wildman–Crippen MR) is 93.7 cm³/mol. The Morgan fingerprint density at radius 1 is 1.16 bits per heavy atom. The molecule has 2 rings (SSSR count). The van der Waals surface area contributed by atoms with E-state index in [1.165, 1.54) is 24.9 Å². The molecule has 1 N–H and O–H groups in total. The number of anilines is 1. The smallest absolute Gasteiger partial charge is 0.0632 e. The third-order valence-electron chi connectivity index (χ3n) is 4.03. The summed E-state index contributed by atoms with van der Waals surface area (Å²) in [7, 11) is 0. The van der Waals surface area contributed by atoms with Gasteiger partial charge >= 0.3 is 0 Å². The minimum Gasteiger partial charge on any atom is -0.380 e. The zero-order valence-electron chi connectivity index (χ0n) is 11.6. The van der Waals surface area contributed by atoms with Crippen molar-refractivity contribution in [3.63, 3.8) is 0 Å². The molecule has 1 aliphatic rings. The molecule has 19 heavy (non-hydrogen) atoms. The molecule has 1 saturated carbocycles. The summed E-state index contributed by atoms with van der Waals surface area (Å²) in [6.07, 6.45) is 3.82. The maximum absolute atomic E-state index is 3.72. The van der Waals surface area contributed by atoms with Crippen LogP contribution in [0.4, 0.5) is 5.69 Å². The Morgan fingerprint density at radius 2 is 1.74 bits per heavy atom. The van der Waals surface area contributed by atoms with E-state index in [-0.39, 0.29) is 0 Å². The standard InChI is InChI=1S/C15H20Br3N/c1-9-8-15(2,3)5-4-13(9)19-14-11(17)6-10(16)7-12(14)18/h6-7,9,13,19H,4-5,8H2,1-3H3.